The van der Waals surface area contributed by atoms with Crippen LogP contribution in [0.15, 0.2) is 91.0 Å². The van der Waals surface area contributed by atoms with E-state index in [1.807, 2.05) is 0 Å². The first-order valence-corrected chi connectivity index (χ1v) is 9.45. The summed E-state index contributed by atoms with van der Waals surface area (Å²) in [5, 5.41) is 4.19. The molecule has 0 aliphatic carbocycles. The van der Waals surface area contributed by atoms with E-state index in [0.29, 0.717) is 0 Å². The molecule has 0 saturated heterocycles. The summed E-state index contributed by atoms with van der Waals surface area (Å²) in [4.78, 5) is 0. The van der Waals surface area contributed by atoms with Gasteiger partial charge < -0.3 is 0 Å². The number of hydrogen-bond acceptors (Lipinski definition) is 0. The summed E-state index contributed by atoms with van der Waals surface area (Å²) in [6, 6.07) is 32.3. The van der Waals surface area contributed by atoms with Gasteiger partial charge in [-0.25, -0.2) is 0 Å². The molecule has 0 aromatic heterocycles. The van der Waals surface area contributed by atoms with Crippen LogP contribution in [0.25, 0.3) is 0 Å². The van der Waals surface area contributed by atoms with Crippen molar-refractivity contribution in [2.45, 2.75) is 0 Å². The normalized spacial score (nSPS) is 10.3. The molecular formula is C19H15Cl3P. The molecule has 0 saturated carbocycles. The van der Waals surface area contributed by atoms with E-state index < -0.39 is 7.92 Å². The fraction of sp³-hybridized carbons (Fsp3) is 0. The number of benzene rings is 3. The summed E-state index contributed by atoms with van der Waals surface area (Å²) in [5.41, 5.74) is 0. The topological polar surface area (TPSA) is 0 Å². The van der Waals surface area contributed by atoms with Crippen LogP contribution in [0.5, 0.6) is 0 Å². The first kappa shape index (κ1) is 18.3. The van der Waals surface area contributed by atoms with Crippen LogP contribution in [0.4, 0.5) is 0 Å². The maximum Gasteiger partial charge on any atom is 0.236 e. The third-order valence-corrected chi connectivity index (χ3v) is 5.49. The molecule has 3 rings (SSSR count). The first-order chi connectivity index (χ1) is 11.2. The maximum atomic E-state index is 4.72. The molecule has 23 heavy (non-hydrogen) atoms. The molecule has 3 aromatic carbocycles. The molecule has 0 aliphatic rings. The average molecular weight is 381 g/mol. The minimum atomic E-state index is -0.446. The Morgan fingerprint density at radius 3 is 0.913 bits per heavy atom. The Kier molecular flexibility index (Phi) is 7.92. The second-order valence-electron chi connectivity index (χ2n) is 4.56. The Balaban J connectivity index is 0.000000433. The summed E-state index contributed by atoms with van der Waals surface area (Å²) in [7, 11) is -0.446. The Labute approximate surface area is 153 Å². The van der Waals surface area contributed by atoms with E-state index in [2.05, 4.69) is 91.0 Å². The van der Waals surface area contributed by atoms with E-state index in [1.54, 1.807) is 0 Å². The number of rotatable bonds is 3. The van der Waals surface area contributed by atoms with Crippen LogP contribution in [0, 0.1) is 4.30 Å². The standard InChI is InChI=1S/C18H15P.CCl3/c1-4-10-16(11-5-1)19(17-12-6-2-7-13-17)18-14-8-3-9-15-18;2-1(3)4/h1-15H;. The SMILES string of the molecule is Cl[C](Cl)Cl.c1ccc(P(c2ccccc2)c2ccccc2)cc1. The van der Waals surface area contributed by atoms with Gasteiger partial charge >= 0.3 is 0 Å². The van der Waals surface area contributed by atoms with Gasteiger partial charge in [-0.3, -0.25) is 0 Å². The van der Waals surface area contributed by atoms with Crippen molar-refractivity contribution in [3.05, 3.63) is 95.3 Å². The van der Waals surface area contributed by atoms with Crippen molar-refractivity contribution < 1.29 is 0 Å². The minimum absolute atomic E-state index is 0.167. The zero-order chi connectivity index (χ0) is 16.5. The van der Waals surface area contributed by atoms with Gasteiger partial charge in [0, 0.05) is 0 Å². The summed E-state index contributed by atoms with van der Waals surface area (Å²) >= 11 is 14.2. The molecule has 1 radical (unpaired) electrons. The third kappa shape index (κ3) is 6.16. The predicted octanol–water partition coefficient (Wildman–Crippen LogP) is 5.59. The molecule has 0 fully saturated rings. The molecule has 0 amide bonds. The van der Waals surface area contributed by atoms with Gasteiger partial charge in [0.05, 0.1) is 0 Å². The van der Waals surface area contributed by atoms with Crippen molar-refractivity contribution in [1.29, 1.82) is 0 Å². The molecule has 3 aromatic rings. The zero-order valence-corrected chi connectivity index (χ0v) is 15.4. The van der Waals surface area contributed by atoms with Gasteiger partial charge in [0.15, 0.2) is 0 Å². The van der Waals surface area contributed by atoms with E-state index in [1.165, 1.54) is 15.9 Å². The van der Waals surface area contributed by atoms with Gasteiger partial charge in [0.25, 0.3) is 0 Å². The highest BCUT2D eigenvalue weighted by Crippen LogP contribution is 2.32. The van der Waals surface area contributed by atoms with Crippen LogP contribution in [0.1, 0.15) is 0 Å². The van der Waals surface area contributed by atoms with Crippen LogP contribution in [0.2, 0.25) is 0 Å². The van der Waals surface area contributed by atoms with Crippen LogP contribution < -0.4 is 15.9 Å². The van der Waals surface area contributed by atoms with Crippen LogP contribution in [0.3, 0.4) is 0 Å². The Hall–Kier alpha value is -1.04. The predicted molar refractivity (Wildman–Crippen MR) is 106 cm³/mol. The smallest absolute Gasteiger partial charge is 0.0788 e. The van der Waals surface area contributed by atoms with Crippen molar-refractivity contribution in [1.82, 2.24) is 0 Å². The summed E-state index contributed by atoms with van der Waals surface area (Å²) < 4.78 is -0.167. The average Bonchev–Trinajstić information content (AvgIpc) is 2.58. The van der Waals surface area contributed by atoms with E-state index >= 15 is 0 Å². The van der Waals surface area contributed by atoms with Gasteiger partial charge in [-0.15, -0.1) is 0 Å². The fourth-order valence-electron chi connectivity index (χ4n) is 2.18. The highest BCUT2D eigenvalue weighted by atomic mass is 35.6. The molecule has 0 heterocycles. The van der Waals surface area contributed by atoms with Gasteiger partial charge in [-0.1, -0.05) is 126 Å². The molecule has 0 spiro atoms. The largest absolute Gasteiger partial charge is 0.236 e. The second-order valence-corrected chi connectivity index (χ2v) is 8.49. The van der Waals surface area contributed by atoms with Crippen molar-refractivity contribution in [3.8, 4) is 0 Å². The van der Waals surface area contributed by atoms with Crippen molar-refractivity contribution in [2.24, 2.45) is 0 Å². The van der Waals surface area contributed by atoms with Gasteiger partial charge in [0.2, 0.25) is 4.30 Å². The molecule has 0 aliphatic heterocycles. The van der Waals surface area contributed by atoms with Gasteiger partial charge in [0.1, 0.15) is 0 Å². The summed E-state index contributed by atoms with van der Waals surface area (Å²) in [6.07, 6.45) is 0. The first-order valence-electron chi connectivity index (χ1n) is 6.97. The van der Waals surface area contributed by atoms with E-state index in [4.69, 9.17) is 34.8 Å². The molecule has 117 valence electrons. The molecule has 0 N–H and O–H groups in total. The second kappa shape index (κ2) is 9.96. The zero-order valence-electron chi connectivity index (χ0n) is 12.2. The number of halogens is 3. The van der Waals surface area contributed by atoms with E-state index in [-0.39, 0.29) is 4.30 Å². The van der Waals surface area contributed by atoms with Gasteiger partial charge in [-0.2, -0.15) is 0 Å². The number of hydrogen-bond donors (Lipinski definition) is 0. The third-order valence-electron chi connectivity index (χ3n) is 3.04. The lowest BCUT2D eigenvalue weighted by molar-refractivity contribution is 1.74. The van der Waals surface area contributed by atoms with Crippen molar-refractivity contribution in [2.75, 3.05) is 0 Å². The Morgan fingerprint density at radius 2 is 0.696 bits per heavy atom. The Bertz CT molecular complexity index is 576. The van der Waals surface area contributed by atoms with Crippen LogP contribution in [-0.2, 0) is 0 Å². The molecule has 0 nitrogen and oxygen atoms in total. The van der Waals surface area contributed by atoms with E-state index in [9.17, 15) is 0 Å². The lowest BCUT2D eigenvalue weighted by Crippen LogP contribution is -2.20. The quantitative estimate of drug-likeness (QED) is 0.519. The highest BCUT2D eigenvalue weighted by molar-refractivity contribution is 7.79. The van der Waals surface area contributed by atoms with Crippen molar-refractivity contribution in [3.63, 3.8) is 0 Å². The fourth-order valence-corrected chi connectivity index (χ4v) is 4.48. The molecule has 0 bridgehead atoms. The summed E-state index contributed by atoms with van der Waals surface area (Å²) in [6.45, 7) is 0. The monoisotopic (exact) mass is 379 g/mol. The maximum absolute atomic E-state index is 4.72. The minimum Gasteiger partial charge on any atom is -0.0788 e. The van der Waals surface area contributed by atoms with Crippen LogP contribution in [-0.4, -0.2) is 0 Å². The molecule has 0 atom stereocenters. The van der Waals surface area contributed by atoms with E-state index in [0.717, 1.165) is 0 Å². The highest BCUT2D eigenvalue weighted by Gasteiger charge is 2.14. The molecule has 0 unspecified atom stereocenters. The van der Waals surface area contributed by atoms with Crippen LogP contribution >= 0.6 is 42.7 Å². The Morgan fingerprint density at radius 1 is 0.478 bits per heavy atom. The summed E-state index contributed by atoms with van der Waals surface area (Å²) in [5.74, 6) is 0. The molecular weight excluding hydrogens is 366 g/mol. The van der Waals surface area contributed by atoms with Crippen molar-refractivity contribution >= 4 is 58.6 Å². The lowest BCUT2D eigenvalue weighted by atomic mass is 10.4. The molecule has 4 heteroatoms. The lowest BCUT2D eigenvalue weighted by Gasteiger charge is -2.18. The van der Waals surface area contributed by atoms with Gasteiger partial charge in [-0.05, 0) is 23.8 Å².